The third-order valence-corrected chi connectivity index (χ3v) is 6.32. The summed E-state index contributed by atoms with van der Waals surface area (Å²) in [5, 5.41) is 0. The van der Waals surface area contributed by atoms with Crippen LogP contribution in [0.1, 0.15) is 31.2 Å². The van der Waals surface area contributed by atoms with Crippen molar-refractivity contribution in [2.24, 2.45) is 0 Å². The summed E-state index contributed by atoms with van der Waals surface area (Å²) in [5.74, 6) is 0.563. The smallest absolute Gasteiger partial charge is 0.351 e. The van der Waals surface area contributed by atoms with Gasteiger partial charge in [-0.05, 0) is 19.1 Å². The van der Waals surface area contributed by atoms with E-state index in [1.54, 1.807) is 19.1 Å². The van der Waals surface area contributed by atoms with Crippen molar-refractivity contribution in [3.05, 3.63) is 52.1 Å². The van der Waals surface area contributed by atoms with Crippen LogP contribution >= 0.6 is 0 Å². The lowest BCUT2D eigenvalue weighted by Gasteiger charge is -2.24. The van der Waals surface area contributed by atoms with Crippen LogP contribution in [0, 0.1) is 19.3 Å². The Labute approximate surface area is 201 Å². The fraction of sp³-hybridized carbons (Fsp3) is 0.364. The lowest BCUT2D eigenvalue weighted by Crippen LogP contribution is -2.42. The van der Waals surface area contributed by atoms with Crippen LogP contribution in [0.15, 0.2) is 40.2 Å². The van der Waals surface area contributed by atoms with Crippen molar-refractivity contribution in [2.75, 3.05) is 12.3 Å². The van der Waals surface area contributed by atoms with Gasteiger partial charge in [0.15, 0.2) is 12.3 Å². The third-order valence-electron chi connectivity index (χ3n) is 5.00. The predicted molar refractivity (Wildman–Crippen MR) is 120 cm³/mol. The molecule has 1 aliphatic heterocycles. The maximum atomic E-state index is 13.0. The van der Waals surface area contributed by atoms with Gasteiger partial charge in [0, 0.05) is 20.0 Å². The second kappa shape index (κ2) is 10.3. The van der Waals surface area contributed by atoms with Gasteiger partial charge < -0.3 is 19.9 Å². The highest BCUT2D eigenvalue weighted by Crippen LogP contribution is 2.35. The standard InChI is InChI=1S/C22H23N3O9S/c1-5-15-10-25(22(28)24-20(15)23)21-19(32-14(4)27)18(17(33-21)11-31-13(3)26)34-35(29,30)16-8-6-12(2)7-9-16/h1,6-10,17-19,21H,11H2,2-4H3,(H2,23,24,28)/t17-,18+,19-,21-/m1/s1. The first kappa shape index (κ1) is 25.9. The molecule has 1 aliphatic rings. The first-order valence-corrected chi connectivity index (χ1v) is 11.6. The van der Waals surface area contributed by atoms with Gasteiger partial charge in [-0.15, -0.1) is 6.42 Å². The minimum Gasteiger partial charge on any atom is -0.463 e. The van der Waals surface area contributed by atoms with E-state index in [4.69, 9.17) is 30.6 Å². The monoisotopic (exact) mass is 505 g/mol. The number of esters is 2. The molecule has 1 saturated heterocycles. The Hall–Kier alpha value is -3.73. The summed E-state index contributed by atoms with van der Waals surface area (Å²) in [5.41, 5.74) is 5.61. The zero-order chi connectivity index (χ0) is 25.9. The van der Waals surface area contributed by atoms with Crippen LogP contribution in [0.5, 0.6) is 0 Å². The Balaban J connectivity index is 2.08. The molecule has 186 valence electrons. The Bertz CT molecular complexity index is 1330. The maximum absolute atomic E-state index is 13.0. The molecule has 1 aromatic heterocycles. The lowest BCUT2D eigenvalue weighted by molar-refractivity contribution is -0.155. The van der Waals surface area contributed by atoms with Gasteiger partial charge in [-0.2, -0.15) is 13.4 Å². The molecule has 0 saturated carbocycles. The van der Waals surface area contributed by atoms with Crippen molar-refractivity contribution >= 4 is 27.9 Å². The van der Waals surface area contributed by atoms with Crippen molar-refractivity contribution in [3.8, 4) is 12.3 Å². The van der Waals surface area contributed by atoms with E-state index < -0.39 is 58.9 Å². The zero-order valence-corrected chi connectivity index (χ0v) is 19.9. The minimum atomic E-state index is -4.40. The quantitative estimate of drug-likeness (QED) is 0.312. The van der Waals surface area contributed by atoms with Crippen molar-refractivity contribution < 1.29 is 36.4 Å². The van der Waals surface area contributed by atoms with Crippen LogP contribution in [-0.4, -0.2) is 54.8 Å². The minimum absolute atomic E-state index is 0.0444. The van der Waals surface area contributed by atoms with E-state index in [-0.39, 0.29) is 16.3 Å². The van der Waals surface area contributed by atoms with Gasteiger partial charge in [0.1, 0.15) is 24.6 Å². The van der Waals surface area contributed by atoms with Crippen LogP contribution in [0.4, 0.5) is 5.82 Å². The molecule has 4 atom stereocenters. The topological polar surface area (TPSA) is 166 Å². The number of rotatable bonds is 7. The highest BCUT2D eigenvalue weighted by atomic mass is 32.2. The molecule has 1 fully saturated rings. The van der Waals surface area contributed by atoms with Gasteiger partial charge in [0.25, 0.3) is 10.1 Å². The Morgan fingerprint density at radius 1 is 1.20 bits per heavy atom. The molecule has 0 amide bonds. The molecule has 35 heavy (non-hydrogen) atoms. The van der Waals surface area contributed by atoms with Crippen molar-refractivity contribution in [2.45, 2.75) is 50.2 Å². The molecule has 0 bridgehead atoms. The van der Waals surface area contributed by atoms with Gasteiger partial charge in [0.05, 0.1) is 10.5 Å². The normalized spacial score (nSPS) is 21.8. The number of hydrogen-bond donors (Lipinski definition) is 1. The van der Waals surface area contributed by atoms with Crippen LogP contribution < -0.4 is 11.4 Å². The summed E-state index contributed by atoms with van der Waals surface area (Å²) in [6, 6.07) is 5.83. The number of aromatic nitrogens is 2. The molecule has 0 radical (unpaired) electrons. The number of nitrogen functional groups attached to an aromatic ring is 1. The van der Waals surface area contributed by atoms with E-state index >= 15 is 0 Å². The van der Waals surface area contributed by atoms with E-state index in [1.165, 1.54) is 12.1 Å². The van der Waals surface area contributed by atoms with Crippen LogP contribution in [0.2, 0.25) is 0 Å². The highest BCUT2D eigenvalue weighted by molar-refractivity contribution is 7.86. The lowest BCUT2D eigenvalue weighted by atomic mass is 10.1. The van der Waals surface area contributed by atoms with Gasteiger partial charge >= 0.3 is 17.6 Å². The molecule has 1 aromatic carbocycles. The predicted octanol–water partition coefficient (Wildman–Crippen LogP) is 0.282. The summed E-state index contributed by atoms with van der Waals surface area (Å²) in [7, 11) is -4.40. The second-order valence-electron chi connectivity index (χ2n) is 7.64. The summed E-state index contributed by atoms with van der Waals surface area (Å²) in [4.78, 5) is 39.4. The fourth-order valence-electron chi connectivity index (χ4n) is 3.38. The number of nitrogens with two attached hydrogens (primary N) is 1. The second-order valence-corrected chi connectivity index (χ2v) is 9.22. The van der Waals surface area contributed by atoms with E-state index in [0.717, 1.165) is 30.2 Å². The molecule has 12 nitrogen and oxygen atoms in total. The highest BCUT2D eigenvalue weighted by Gasteiger charge is 2.51. The Morgan fingerprint density at radius 2 is 1.86 bits per heavy atom. The molecule has 0 aliphatic carbocycles. The van der Waals surface area contributed by atoms with Gasteiger partial charge in [-0.25, -0.2) is 4.79 Å². The summed E-state index contributed by atoms with van der Waals surface area (Å²) < 4.78 is 48.5. The Kier molecular flexibility index (Phi) is 7.59. The maximum Gasteiger partial charge on any atom is 0.351 e. The fourth-order valence-corrected chi connectivity index (χ4v) is 4.49. The number of carbonyl (C=O) groups is 2. The van der Waals surface area contributed by atoms with E-state index in [1.807, 2.05) is 0 Å². The van der Waals surface area contributed by atoms with Crippen LogP contribution in [0.3, 0.4) is 0 Å². The SMILES string of the molecule is C#Cc1cn([C@@H]2O[C@H](COC(C)=O)[C@H](OS(=O)(=O)c3ccc(C)cc3)[C@H]2OC(C)=O)c(=O)nc1N. The van der Waals surface area contributed by atoms with Gasteiger partial charge in [-0.3, -0.25) is 18.3 Å². The van der Waals surface area contributed by atoms with Crippen molar-refractivity contribution in [3.63, 3.8) is 0 Å². The van der Waals surface area contributed by atoms with Crippen LogP contribution in [0.25, 0.3) is 0 Å². The van der Waals surface area contributed by atoms with Crippen molar-refractivity contribution in [1.82, 2.24) is 9.55 Å². The number of hydrogen-bond acceptors (Lipinski definition) is 11. The number of nitrogens with zero attached hydrogens (tertiary/aromatic N) is 2. The van der Waals surface area contributed by atoms with Crippen molar-refractivity contribution in [1.29, 1.82) is 0 Å². The number of anilines is 1. The molecule has 0 unspecified atom stereocenters. The summed E-state index contributed by atoms with van der Waals surface area (Å²) >= 11 is 0. The molecule has 13 heteroatoms. The molecular formula is C22H23N3O9S. The van der Waals surface area contributed by atoms with E-state index in [0.29, 0.717) is 0 Å². The van der Waals surface area contributed by atoms with E-state index in [2.05, 4.69) is 10.9 Å². The molecule has 2 N–H and O–H groups in total. The summed E-state index contributed by atoms with van der Waals surface area (Å²) in [6.45, 7) is 3.54. The molecule has 3 rings (SSSR count). The average molecular weight is 506 g/mol. The number of terminal acetylenes is 1. The summed E-state index contributed by atoms with van der Waals surface area (Å²) in [6.07, 6.45) is 0.903. The van der Waals surface area contributed by atoms with Gasteiger partial charge in [-0.1, -0.05) is 23.6 Å². The van der Waals surface area contributed by atoms with Crippen LogP contribution in [-0.2, 0) is 38.1 Å². The first-order valence-electron chi connectivity index (χ1n) is 10.2. The molecule has 0 spiro atoms. The number of carbonyl (C=O) groups excluding carboxylic acids is 2. The molecular weight excluding hydrogens is 482 g/mol. The molecule has 2 heterocycles. The first-order chi connectivity index (χ1) is 16.4. The number of aryl methyl sites for hydroxylation is 1. The molecule has 2 aromatic rings. The third kappa shape index (κ3) is 5.86. The Morgan fingerprint density at radius 3 is 2.43 bits per heavy atom. The van der Waals surface area contributed by atoms with Gasteiger partial charge in [0.2, 0.25) is 0 Å². The largest absolute Gasteiger partial charge is 0.463 e. The average Bonchev–Trinajstić information content (AvgIpc) is 3.08. The van der Waals surface area contributed by atoms with E-state index in [9.17, 15) is 22.8 Å². The number of benzene rings is 1. The zero-order valence-electron chi connectivity index (χ0n) is 19.0. The number of ether oxygens (including phenoxy) is 3.